The molecule has 0 fully saturated rings. The van der Waals surface area contributed by atoms with E-state index in [1.807, 2.05) is 0 Å². The lowest BCUT2D eigenvalue weighted by molar-refractivity contribution is 0.670. The Labute approximate surface area is 276 Å². The van der Waals surface area contributed by atoms with Gasteiger partial charge in [0.1, 0.15) is 11.2 Å². The lowest BCUT2D eigenvalue weighted by Gasteiger charge is -2.09. The molecule has 0 aliphatic rings. The average molecular weight is 594 g/mol. The minimum Gasteiger partial charge on any atom is -0.455 e. The number of para-hydroxylation sites is 1. The van der Waals surface area contributed by atoms with Gasteiger partial charge in [-0.2, -0.15) is 0 Å². The number of hydrogen-bond donors (Lipinski definition) is 0. The maximum Gasteiger partial charge on any atom is 0.160 e. The first-order valence-electron chi connectivity index (χ1n) is 20.1. The van der Waals surface area contributed by atoms with Crippen LogP contribution >= 0.6 is 11.3 Å². The van der Waals surface area contributed by atoms with Crippen molar-refractivity contribution in [1.82, 2.24) is 9.97 Å². The Hall–Kier alpha value is -5.58. The number of thiophene rings is 1. The van der Waals surface area contributed by atoms with Gasteiger partial charge in [-0.1, -0.05) is 115 Å². The molecule has 0 saturated heterocycles. The zero-order valence-corrected chi connectivity index (χ0v) is 23.4. The van der Waals surface area contributed by atoms with Crippen LogP contribution in [0.2, 0.25) is 0 Å². The third kappa shape index (κ3) is 4.11. The summed E-state index contributed by atoms with van der Waals surface area (Å²) in [7, 11) is 0. The van der Waals surface area contributed by atoms with Gasteiger partial charge in [0.2, 0.25) is 0 Å². The summed E-state index contributed by atoms with van der Waals surface area (Å²) in [5.41, 5.74) is 1.04. The number of rotatable bonds is 4. The minimum atomic E-state index is -0.500. The first-order valence-corrected chi connectivity index (χ1v) is 14.4. The molecule has 3 nitrogen and oxygen atoms in total. The second-order valence-corrected chi connectivity index (χ2v) is 11.0. The zero-order chi connectivity index (χ0) is 40.3. The predicted molar refractivity (Wildman–Crippen MR) is 184 cm³/mol. The standard InChI is InChI=1S/C40H24N2OS/c1-3-10-25(11-4-1)29-15-9-16-33-30-20-18-27(22-36(30)43-39(29)33)35-24-34(26-12-5-2-6-13-26)41-40(42-35)28-19-21-32-31-14-7-8-17-37(31)44-38(32)23-28/h1-24H/i7D,8D,9D,14D,15D,16D,17D,18D,19D,20D,21D,22D,23D. The minimum absolute atomic E-state index is 0.0214. The molecular formula is C40H24N2OS. The Morgan fingerprint density at radius 3 is 2.07 bits per heavy atom. The summed E-state index contributed by atoms with van der Waals surface area (Å²) in [6.07, 6.45) is 0. The molecule has 0 bridgehead atoms. The van der Waals surface area contributed by atoms with Crippen LogP contribution < -0.4 is 0 Å². The fraction of sp³-hybridized carbons (Fsp3) is 0. The molecule has 206 valence electrons. The summed E-state index contributed by atoms with van der Waals surface area (Å²) in [5, 5.41) is 0.0601. The summed E-state index contributed by atoms with van der Waals surface area (Å²) >= 11 is 0.901. The van der Waals surface area contributed by atoms with Gasteiger partial charge in [0.15, 0.2) is 5.82 Å². The Bertz CT molecular complexity index is 3220. The smallest absolute Gasteiger partial charge is 0.160 e. The first kappa shape index (κ1) is 15.2. The van der Waals surface area contributed by atoms with Crippen molar-refractivity contribution in [2.75, 3.05) is 0 Å². The number of benzene rings is 6. The van der Waals surface area contributed by atoms with Crippen LogP contribution in [0.1, 0.15) is 17.8 Å². The third-order valence-electron chi connectivity index (χ3n) is 7.28. The molecule has 0 saturated carbocycles. The lowest BCUT2D eigenvalue weighted by atomic mass is 10.0. The highest BCUT2D eigenvalue weighted by atomic mass is 32.1. The molecule has 0 N–H and O–H groups in total. The van der Waals surface area contributed by atoms with Crippen LogP contribution in [0.3, 0.4) is 0 Å². The van der Waals surface area contributed by atoms with E-state index in [-0.39, 0.29) is 112 Å². The van der Waals surface area contributed by atoms with Crippen molar-refractivity contribution in [2.24, 2.45) is 0 Å². The average Bonchev–Trinajstić information content (AvgIpc) is 3.82. The molecule has 4 heteroatoms. The second kappa shape index (κ2) is 10.0. The maximum atomic E-state index is 9.43. The second-order valence-electron chi connectivity index (χ2n) is 9.96. The third-order valence-corrected chi connectivity index (χ3v) is 8.31. The van der Waals surface area contributed by atoms with E-state index in [4.69, 9.17) is 26.7 Å². The van der Waals surface area contributed by atoms with Crippen molar-refractivity contribution in [1.29, 1.82) is 0 Å². The van der Waals surface area contributed by atoms with Gasteiger partial charge in [0.05, 0.1) is 29.2 Å². The number of nitrogens with zero attached hydrogens (tertiary/aromatic N) is 2. The Balaban J connectivity index is 1.36. The van der Waals surface area contributed by atoms with Gasteiger partial charge in [-0.15, -0.1) is 11.3 Å². The first-order chi connectivity index (χ1) is 27.2. The molecule has 0 spiro atoms. The van der Waals surface area contributed by atoms with E-state index in [1.54, 1.807) is 60.7 Å². The molecule has 9 rings (SSSR count). The van der Waals surface area contributed by atoms with Crippen molar-refractivity contribution in [3.8, 4) is 45.0 Å². The van der Waals surface area contributed by atoms with E-state index in [0.29, 0.717) is 11.1 Å². The van der Waals surface area contributed by atoms with Gasteiger partial charge in [-0.3, -0.25) is 0 Å². The number of hydrogen-bond acceptors (Lipinski definition) is 4. The molecule has 0 aliphatic carbocycles. The molecule has 0 atom stereocenters. The lowest BCUT2D eigenvalue weighted by Crippen LogP contribution is -1.95. The maximum absolute atomic E-state index is 9.43. The van der Waals surface area contributed by atoms with Crippen LogP contribution in [0.4, 0.5) is 0 Å². The summed E-state index contributed by atoms with van der Waals surface area (Å²) in [6.45, 7) is 0. The van der Waals surface area contributed by atoms with Gasteiger partial charge in [-0.25, -0.2) is 9.97 Å². The van der Waals surface area contributed by atoms with Crippen molar-refractivity contribution in [3.05, 3.63) is 145 Å². The molecule has 9 aromatic rings. The van der Waals surface area contributed by atoms with Crippen molar-refractivity contribution >= 4 is 53.4 Å². The van der Waals surface area contributed by atoms with Crippen LogP contribution in [0.25, 0.3) is 87.1 Å². The van der Waals surface area contributed by atoms with Crippen molar-refractivity contribution in [3.63, 3.8) is 0 Å². The van der Waals surface area contributed by atoms with Crippen LogP contribution in [-0.4, -0.2) is 9.97 Å². The highest BCUT2D eigenvalue weighted by Gasteiger charge is 2.16. The molecule has 0 unspecified atom stereocenters. The van der Waals surface area contributed by atoms with E-state index < -0.39 is 42.3 Å². The van der Waals surface area contributed by atoms with E-state index >= 15 is 0 Å². The van der Waals surface area contributed by atoms with Crippen LogP contribution in [0, 0.1) is 0 Å². The quantitative estimate of drug-likeness (QED) is 0.204. The number of fused-ring (bicyclic) bond motifs is 6. The summed E-state index contributed by atoms with van der Waals surface area (Å²) < 4.78 is 122. The molecule has 0 radical (unpaired) electrons. The van der Waals surface area contributed by atoms with E-state index in [2.05, 4.69) is 0 Å². The fourth-order valence-electron chi connectivity index (χ4n) is 5.21. The Morgan fingerprint density at radius 1 is 0.545 bits per heavy atom. The number of aromatic nitrogens is 2. The monoisotopic (exact) mass is 593 g/mol. The van der Waals surface area contributed by atoms with Crippen molar-refractivity contribution in [2.45, 2.75) is 0 Å². The van der Waals surface area contributed by atoms with E-state index in [1.165, 1.54) is 6.07 Å². The fourth-order valence-corrected chi connectivity index (χ4v) is 6.18. The molecule has 0 aliphatic heterocycles. The zero-order valence-electron chi connectivity index (χ0n) is 35.6. The molecular weight excluding hydrogens is 557 g/mol. The van der Waals surface area contributed by atoms with Gasteiger partial charge >= 0.3 is 0 Å². The highest BCUT2D eigenvalue weighted by Crippen LogP contribution is 2.39. The summed E-state index contributed by atoms with van der Waals surface area (Å²) in [5.74, 6) is -0.207. The van der Waals surface area contributed by atoms with Crippen LogP contribution in [0.5, 0.6) is 0 Å². The van der Waals surface area contributed by atoms with Gasteiger partial charge in [0.25, 0.3) is 0 Å². The highest BCUT2D eigenvalue weighted by molar-refractivity contribution is 7.25. The summed E-state index contributed by atoms with van der Waals surface area (Å²) in [6, 6.07) is 13.9. The van der Waals surface area contributed by atoms with Gasteiger partial charge in [0, 0.05) is 53.2 Å². The predicted octanol–water partition coefficient (Wildman–Crippen LogP) is 11.4. The Kier molecular flexibility index (Phi) is 3.47. The number of furan rings is 1. The van der Waals surface area contributed by atoms with E-state index in [0.717, 1.165) is 11.3 Å². The van der Waals surface area contributed by atoms with Gasteiger partial charge < -0.3 is 4.42 Å². The van der Waals surface area contributed by atoms with Crippen LogP contribution in [-0.2, 0) is 0 Å². The largest absolute Gasteiger partial charge is 0.455 e. The van der Waals surface area contributed by atoms with E-state index in [9.17, 15) is 5.48 Å². The molecule has 3 heterocycles. The molecule has 44 heavy (non-hydrogen) atoms. The van der Waals surface area contributed by atoms with Gasteiger partial charge in [-0.05, 0) is 35.8 Å². The normalized spacial score (nSPS) is 15.8. The molecule has 0 amide bonds. The molecule has 3 aromatic heterocycles. The summed E-state index contributed by atoms with van der Waals surface area (Å²) in [4.78, 5) is 9.41. The topological polar surface area (TPSA) is 38.9 Å². The molecule has 6 aromatic carbocycles. The Morgan fingerprint density at radius 2 is 1.23 bits per heavy atom. The SMILES string of the molecule is [2H]c1c([2H])c([2H])c2c(oc3c([2H])c(-c4cc(-c5ccccc5)nc(-c5c([2H])c([2H])c6c(sc7c([2H])c([2H])c([2H])c([2H])c76)c5[2H])n4)c([2H])c([2H])c32)c1-c1ccccc1. The van der Waals surface area contributed by atoms with Crippen molar-refractivity contribution < 1.29 is 22.2 Å². The van der Waals surface area contributed by atoms with Crippen LogP contribution in [0.15, 0.2) is 150 Å².